The van der Waals surface area contributed by atoms with Gasteiger partial charge in [-0.2, -0.15) is 0 Å². The van der Waals surface area contributed by atoms with Gasteiger partial charge >= 0.3 is 5.91 Å². The van der Waals surface area contributed by atoms with Gasteiger partial charge in [-0.3, -0.25) is 25.2 Å². The number of hydrazine groups is 1. The molecule has 7 nitrogen and oxygen atoms in total. The first-order valence-electron chi connectivity index (χ1n) is 8.61. The molecule has 3 rings (SSSR count). The van der Waals surface area contributed by atoms with Crippen molar-refractivity contribution in [2.24, 2.45) is 5.92 Å². The van der Waals surface area contributed by atoms with E-state index in [0.29, 0.717) is 0 Å². The maximum Gasteiger partial charge on any atom is 0.305 e. The first-order valence-corrected chi connectivity index (χ1v) is 8.61. The summed E-state index contributed by atoms with van der Waals surface area (Å²) in [5, 5.41) is 0. The fourth-order valence-corrected chi connectivity index (χ4v) is 2.95. The minimum atomic E-state index is -0.545. The number of nitrogens with zero attached hydrogens (tertiary/aromatic N) is 1. The number of carbonyl (C=O) groups is 3. The number of benzene rings is 1. The number of furan rings is 1. The Hall–Kier alpha value is -3.09. The summed E-state index contributed by atoms with van der Waals surface area (Å²) in [5.41, 5.74) is 6.65. The molecule has 0 radical (unpaired) electrons. The zero-order valence-corrected chi connectivity index (χ0v) is 14.5. The zero-order valence-electron chi connectivity index (χ0n) is 14.5. The van der Waals surface area contributed by atoms with Crippen LogP contribution < -0.4 is 15.8 Å². The second kappa shape index (κ2) is 7.86. The third-order valence-electron chi connectivity index (χ3n) is 4.33. The molecule has 0 saturated carbocycles. The third-order valence-corrected chi connectivity index (χ3v) is 4.33. The van der Waals surface area contributed by atoms with E-state index < -0.39 is 17.7 Å². The highest BCUT2D eigenvalue weighted by molar-refractivity contribution is 6.01. The number of hydrogen-bond acceptors (Lipinski definition) is 4. The number of aryl methyl sites for hydroxylation is 1. The first-order chi connectivity index (χ1) is 12.6. The summed E-state index contributed by atoms with van der Waals surface area (Å²) in [5.74, 6) is -1.47. The van der Waals surface area contributed by atoms with Crippen LogP contribution in [0.3, 0.4) is 0 Å². The summed E-state index contributed by atoms with van der Waals surface area (Å²) in [7, 11) is 0. The smallest absolute Gasteiger partial charge is 0.305 e. The van der Waals surface area contributed by atoms with Crippen LogP contribution in [0.4, 0.5) is 5.69 Å². The van der Waals surface area contributed by atoms with Crippen molar-refractivity contribution in [2.75, 3.05) is 11.4 Å². The summed E-state index contributed by atoms with van der Waals surface area (Å²) in [6.07, 6.45) is 3.54. The lowest BCUT2D eigenvalue weighted by Crippen LogP contribution is -2.45. The molecule has 1 aromatic heterocycles. The highest BCUT2D eigenvalue weighted by atomic mass is 16.3. The molecule has 3 amide bonds. The Morgan fingerprint density at radius 3 is 2.62 bits per heavy atom. The Balaban J connectivity index is 1.56. The quantitative estimate of drug-likeness (QED) is 0.803. The zero-order chi connectivity index (χ0) is 18.5. The van der Waals surface area contributed by atoms with Gasteiger partial charge in [-0.15, -0.1) is 0 Å². The van der Waals surface area contributed by atoms with Crippen LogP contribution in [-0.2, 0) is 16.0 Å². The SMILES string of the molecule is CCCc1ccc(N2C[C@@H](C(=O)NNC(=O)c3ccco3)CC2=O)cc1. The molecule has 136 valence electrons. The lowest BCUT2D eigenvalue weighted by molar-refractivity contribution is -0.126. The highest BCUT2D eigenvalue weighted by Gasteiger charge is 2.35. The number of carbonyl (C=O) groups excluding carboxylic acids is 3. The topological polar surface area (TPSA) is 91.7 Å². The van der Waals surface area contributed by atoms with Crippen molar-refractivity contribution in [2.45, 2.75) is 26.2 Å². The van der Waals surface area contributed by atoms with Gasteiger partial charge in [0.25, 0.3) is 0 Å². The van der Waals surface area contributed by atoms with E-state index in [1.54, 1.807) is 11.0 Å². The van der Waals surface area contributed by atoms with Crippen molar-refractivity contribution in [3.8, 4) is 0 Å². The number of nitrogens with one attached hydrogen (secondary N) is 2. The summed E-state index contributed by atoms with van der Waals surface area (Å²) in [4.78, 5) is 37.9. The molecule has 0 bridgehead atoms. The van der Waals surface area contributed by atoms with Gasteiger partial charge in [0.15, 0.2) is 5.76 Å². The summed E-state index contributed by atoms with van der Waals surface area (Å²) < 4.78 is 4.95. The highest BCUT2D eigenvalue weighted by Crippen LogP contribution is 2.25. The van der Waals surface area contributed by atoms with Gasteiger partial charge in [0, 0.05) is 18.7 Å². The molecule has 1 aliphatic heterocycles. The van der Waals surface area contributed by atoms with Crippen molar-refractivity contribution in [1.29, 1.82) is 0 Å². The van der Waals surface area contributed by atoms with E-state index in [-0.39, 0.29) is 24.6 Å². The fraction of sp³-hybridized carbons (Fsp3) is 0.316. The van der Waals surface area contributed by atoms with Crippen LogP contribution in [0, 0.1) is 5.92 Å². The number of hydrogen-bond donors (Lipinski definition) is 2. The Bertz CT molecular complexity index is 784. The van der Waals surface area contributed by atoms with Gasteiger partial charge in [-0.05, 0) is 36.2 Å². The molecule has 2 heterocycles. The Kier molecular flexibility index (Phi) is 5.36. The van der Waals surface area contributed by atoms with E-state index in [2.05, 4.69) is 17.8 Å². The van der Waals surface area contributed by atoms with Crippen molar-refractivity contribution < 1.29 is 18.8 Å². The molecule has 2 aromatic rings. The van der Waals surface area contributed by atoms with Crippen LogP contribution in [-0.4, -0.2) is 24.3 Å². The summed E-state index contributed by atoms with van der Waals surface area (Å²) >= 11 is 0. The monoisotopic (exact) mass is 355 g/mol. The van der Waals surface area contributed by atoms with Crippen LogP contribution >= 0.6 is 0 Å². The summed E-state index contributed by atoms with van der Waals surface area (Å²) in [6, 6.07) is 10.9. The Labute approximate surface area is 151 Å². The van der Waals surface area contributed by atoms with E-state index in [1.165, 1.54) is 17.9 Å². The molecule has 1 aliphatic rings. The normalized spacial score (nSPS) is 16.6. The van der Waals surface area contributed by atoms with E-state index in [1.807, 2.05) is 24.3 Å². The summed E-state index contributed by atoms with van der Waals surface area (Å²) in [6.45, 7) is 2.40. The van der Waals surface area contributed by atoms with Crippen molar-refractivity contribution in [3.05, 3.63) is 54.0 Å². The molecule has 26 heavy (non-hydrogen) atoms. The van der Waals surface area contributed by atoms with Gasteiger partial charge in [-0.1, -0.05) is 25.5 Å². The number of rotatable bonds is 5. The lowest BCUT2D eigenvalue weighted by atomic mass is 10.1. The molecule has 0 unspecified atom stereocenters. The molecule has 2 N–H and O–H groups in total. The third kappa shape index (κ3) is 3.93. The van der Waals surface area contributed by atoms with E-state index in [9.17, 15) is 14.4 Å². The molecule has 1 fully saturated rings. The van der Waals surface area contributed by atoms with E-state index in [4.69, 9.17) is 4.42 Å². The molecular weight excluding hydrogens is 334 g/mol. The van der Waals surface area contributed by atoms with Crippen LogP contribution in [0.1, 0.15) is 35.9 Å². The number of amides is 3. The second-order valence-electron chi connectivity index (χ2n) is 6.24. The van der Waals surface area contributed by atoms with Crippen LogP contribution in [0.2, 0.25) is 0 Å². The minimum absolute atomic E-state index is 0.0987. The lowest BCUT2D eigenvalue weighted by Gasteiger charge is -2.17. The minimum Gasteiger partial charge on any atom is -0.459 e. The second-order valence-corrected chi connectivity index (χ2v) is 6.24. The predicted octanol–water partition coefficient (Wildman–Crippen LogP) is 2.05. The molecule has 7 heteroatoms. The predicted molar refractivity (Wildman–Crippen MR) is 95.2 cm³/mol. The molecule has 1 saturated heterocycles. The van der Waals surface area contributed by atoms with Gasteiger partial charge in [0.05, 0.1) is 12.2 Å². The Morgan fingerprint density at radius 2 is 1.96 bits per heavy atom. The van der Waals surface area contributed by atoms with Crippen molar-refractivity contribution in [1.82, 2.24) is 10.9 Å². The van der Waals surface area contributed by atoms with Gasteiger partial charge < -0.3 is 9.32 Å². The standard InChI is InChI=1S/C19H21N3O4/c1-2-4-13-6-8-15(9-7-13)22-12-14(11-17(22)23)18(24)20-21-19(25)16-5-3-10-26-16/h3,5-10,14H,2,4,11-12H2,1H3,(H,20,24)(H,21,25)/t14-/m0/s1. The molecule has 1 aromatic carbocycles. The fourth-order valence-electron chi connectivity index (χ4n) is 2.95. The van der Waals surface area contributed by atoms with Gasteiger partial charge in [-0.25, -0.2) is 0 Å². The van der Waals surface area contributed by atoms with Gasteiger partial charge in [0.1, 0.15) is 0 Å². The maximum atomic E-state index is 12.3. The maximum absolute atomic E-state index is 12.3. The molecule has 0 spiro atoms. The van der Waals surface area contributed by atoms with Crippen molar-refractivity contribution >= 4 is 23.4 Å². The van der Waals surface area contributed by atoms with Gasteiger partial charge in [0.2, 0.25) is 11.8 Å². The average molecular weight is 355 g/mol. The van der Waals surface area contributed by atoms with Crippen molar-refractivity contribution in [3.63, 3.8) is 0 Å². The Morgan fingerprint density at radius 1 is 1.19 bits per heavy atom. The average Bonchev–Trinajstić information content (AvgIpc) is 3.30. The van der Waals surface area contributed by atoms with Crippen LogP contribution in [0.5, 0.6) is 0 Å². The van der Waals surface area contributed by atoms with E-state index >= 15 is 0 Å². The number of anilines is 1. The molecule has 1 atom stereocenters. The molecule has 0 aliphatic carbocycles. The molecular formula is C19H21N3O4. The largest absolute Gasteiger partial charge is 0.459 e. The first kappa shape index (κ1) is 17.7. The van der Waals surface area contributed by atoms with Crippen LogP contribution in [0.25, 0.3) is 0 Å². The van der Waals surface area contributed by atoms with Crippen LogP contribution in [0.15, 0.2) is 47.1 Å². The van der Waals surface area contributed by atoms with E-state index in [0.717, 1.165) is 18.5 Å².